The maximum Gasteiger partial charge on any atom is 0.146 e. The van der Waals surface area contributed by atoms with Crippen molar-refractivity contribution in [1.82, 2.24) is 0 Å². The van der Waals surface area contributed by atoms with Gasteiger partial charge in [-0.3, -0.25) is 0 Å². The van der Waals surface area contributed by atoms with E-state index in [1.165, 1.54) is 43.2 Å². The molecule has 154 valence electrons. The highest BCUT2D eigenvalue weighted by Crippen LogP contribution is 2.35. The summed E-state index contributed by atoms with van der Waals surface area (Å²) in [6.45, 7) is 4.54. The fourth-order valence-electron chi connectivity index (χ4n) is 4.55. The van der Waals surface area contributed by atoms with Gasteiger partial charge >= 0.3 is 0 Å². The standard InChI is InChI=1S/C29H31F/c1-3-4-5-23-11-19-28-27(20-23)18-17-26(29(28)30)16-10-22-8-14-25(15-9-22)24-12-6-21(2)7-13-24/h8-9,11,14-15,17-21,24H,3-7,12-13H2,1-2H3. The third-order valence-electron chi connectivity index (χ3n) is 6.58. The van der Waals surface area contributed by atoms with Crippen LogP contribution in [0.15, 0.2) is 54.6 Å². The van der Waals surface area contributed by atoms with E-state index in [1.807, 2.05) is 24.3 Å². The number of halogens is 1. The number of aryl methyl sites for hydroxylation is 1. The van der Waals surface area contributed by atoms with Gasteiger partial charge in [0.1, 0.15) is 5.82 Å². The van der Waals surface area contributed by atoms with Crippen LogP contribution in [0.2, 0.25) is 0 Å². The van der Waals surface area contributed by atoms with Crippen LogP contribution < -0.4 is 0 Å². The third-order valence-corrected chi connectivity index (χ3v) is 6.58. The summed E-state index contributed by atoms with van der Waals surface area (Å²) in [5.74, 6) is 7.54. The lowest BCUT2D eigenvalue weighted by Gasteiger charge is -2.26. The Morgan fingerprint density at radius 3 is 2.40 bits per heavy atom. The molecule has 1 aliphatic rings. The predicted molar refractivity (Wildman–Crippen MR) is 125 cm³/mol. The van der Waals surface area contributed by atoms with Gasteiger partial charge in [0.15, 0.2) is 0 Å². The minimum Gasteiger partial charge on any atom is -0.205 e. The Labute approximate surface area is 180 Å². The van der Waals surface area contributed by atoms with E-state index in [1.54, 1.807) is 0 Å². The van der Waals surface area contributed by atoms with E-state index < -0.39 is 0 Å². The molecule has 3 aromatic rings. The van der Waals surface area contributed by atoms with Crippen molar-refractivity contribution < 1.29 is 4.39 Å². The molecule has 0 atom stereocenters. The van der Waals surface area contributed by atoms with Gasteiger partial charge in [-0.1, -0.05) is 81.3 Å². The monoisotopic (exact) mass is 398 g/mol. The molecule has 4 rings (SSSR count). The number of benzene rings is 3. The highest BCUT2D eigenvalue weighted by atomic mass is 19.1. The van der Waals surface area contributed by atoms with E-state index in [0.29, 0.717) is 16.9 Å². The lowest BCUT2D eigenvalue weighted by atomic mass is 9.79. The molecule has 3 aromatic carbocycles. The lowest BCUT2D eigenvalue weighted by Crippen LogP contribution is -2.10. The van der Waals surface area contributed by atoms with Gasteiger partial charge in [0.05, 0.1) is 5.56 Å². The molecule has 0 amide bonds. The first-order chi connectivity index (χ1) is 14.6. The molecular weight excluding hydrogens is 367 g/mol. The molecular formula is C29H31F. The second kappa shape index (κ2) is 9.48. The normalized spacial score (nSPS) is 18.8. The first-order valence-electron chi connectivity index (χ1n) is 11.5. The minimum absolute atomic E-state index is 0.213. The van der Waals surface area contributed by atoms with Gasteiger partial charge < -0.3 is 0 Å². The predicted octanol–water partition coefficient (Wildman–Crippen LogP) is 8.02. The molecule has 1 saturated carbocycles. The molecule has 0 bridgehead atoms. The van der Waals surface area contributed by atoms with E-state index >= 15 is 0 Å². The second-order valence-corrected chi connectivity index (χ2v) is 8.91. The molecule has 0 heterocycles. The number of hydrogen-bond acceptors (Lipinski definition) is 0. The van der Waals surface area contributed by atoms with Crippen molar-refractivity contribution in [3.05, 3.63) is 82.7 Å². The van der Waals surface area contributed by atoms with Gasteiger partial charge in [-0.2, -0.15) is 0 Å². The summed E-state index contributed by atoms with van der Waals surface area (Å²) in [6.07, 6.45) is 8.61. The van der Waals surface area contributed by atoms with Gasteiger partial charge in [0.25, 0.3) is 0 Å². The van der Waals surface area contributed by atoms with E-state index in [-0.39, 0.29) is 5.82 Å². The average Bonchev–Trinajstić information content (AvgIpc) is 2.78. The summed E-state index contributed by atoms with van der Waals surface area (Å²) in [7, 11) is 0. The van der Waals surface area contributed by atoms with Crippen LogP contribution in [0.4, 0.5) is 4.39 Å². The van der Waals surface area contributed by atoms with Crippen LogP contribution >= 0.6 is 0 Å². The van der Waals surface area contributed by atoms with Crippen molar-refractivity contribution >= 4 is 10.8 Å². The molecule has 0 radical (unpaired) electrons. The van der Waals surface area contributed by atoms with E-state index in [0.717, 1.165) is 29.7 Å². The molecule has 1 fully saturated rings. The Morgan fingerprint density at radius 2 is 1.67 bits per heavy atom. The zero-order chi connectivity index (χ0) is 20.9. The summed E-state index contributed by atoms with van der Waals surface area (Å²) in [6, 6.07) is 18.4. The van der Waals surface area contributed by atoms with Crippen LogP contribution in [0.25, 0.3) is 10.8 Å². The van der Waals surface area contributed by atoms with Gasteiger partial charge in [-0.25, -0.2) is 4.39 Å². The SMILES string of the molecule is CCCCc1ccc2c(F)c(C#Cc3ccc(C4CCC(C)CC4)cc3)ccc2c1. The van der Waals surface area contributed by atoms with Gasteiger partial charge in [-0.15, -0.1) is 0 Å². The van der Waals surface area contributed by atoms with Gasteiger partial charge in [0, 0.05) is 10.9 Å². The van der Waals surface area contributed by atoms with Crippen molar-refractivity contribution in [1.29, 1.82) is 0 Å². The summed E-state index contributed by atoms with van der Waals surface area (Å²) in [5, 5.41) is 1.61. The van der Waals surface area contributed by atoms with Gasteiger partial charge in [0.2, 0.25) is 0 Å². The van der Waals surface area contributed by atoms with Crippen molar-refractivity contribution in [2.45, 2.75) is 64.7 Å². The van der Waals surface area contributed by atoms with Crippen molar-refractivity contribution in [3.8, 4) is 11.8 Å². The summed E-state index contributed by atoms with van der Waals surface area (Å²) < 4.78 is 15.0. The van der Waals surface area contributed by atoms with Crippen LogP contribution in [-0.2, 0) is 6.42 Å². The van der Waals surface area contributed by atoms with Crippen LogP contribution in [0.5, 0.6) is 0 Å². The zero-order valence-corrected chi connectivity index (χ0v) is 18.2. The highest BCUT2D eigenvalue weighted by molar-refractivity contribution is 5.85. The fraction of sp³-hybridized carbons (Fsp3) is 0.379. The number of unbranched alkanes of at least 4 members (excludes halogenated alkanes) is 1. The molecule has 30 heavy (non-hydrogen) atoms. The minimum atomic E-state index is -0.213. The van der Waals surface area contributed by atoms with E-state index in [4.69, 9.17) is 0 Å². The smallest absolute Gasteiger partial charge is 0.146 e. The Kier molecular flexibility index (Phi) is 6.53. The molecule has 0 spiro atoms. The largest absolute Gasteiger partial charge is 0.205 e. The molecule has 0 unspecified atom stereocenters. The quantitative estimate of drug-likeness (QED) is 0.390. The molecule has 0 aromatic heterocycles. The van der Waals surface area contributed by atoms with Crippen molar-refractivity contribution in [3.63, 3.8) is 0 Å². The molecule has 0 N–H and O–H groups in total. The number of hydrogen-bond donors (Lipinski definition) is 0. The van der Waals surface area contributed by atoms with Crippen LogP contribution in [0.3, 0.4) is 0 Å². The maximum absolute atomic E-state index is 15.0. The Bertz CT molecular complexity index is 1060. The molecule has 0 aliphatic heterocycles. The van der Waals surface area contributed by atoms with E-state index in [9.17, 15) is 4.39 Å². The van der Waals surface area contributed by atoms with Crippen molar-refractivity contribution in [2.75, 3.05) is 0 Å². The van der Waals surface area contributed by atoms with Crippen LogP contribution in [0.1, 0.15) is 80.5 Å². The van der Waals surface area contributed by atoms with Crippen molar-refractivity contribution in [2.24, 2.45) is 5.92 Å². The Morgan fingerprint density at radius 1 is 0.900 bits per heavy atom. The summed E-state index contributed by atoms with van der Waals surface area (Å²) in [4.78, 5) is 0. The van der Waals surface area contributed by atoms with E-state index in [2.05, 4.69) is 56.0 Å². The lowest BCUT2D eigenvalue weighted by molar-refractivity contribution is 0.348. The number of fused-ring (bicyclic) bond motifs is 1. The zero-order valence-electron chi connectivity index (χ0n) is 18.2. The first-order valence-corrected chi connectivity index (χ1v) is 11.5. The average molecular weight is 399 g/mol. The van der Waals surface area contributed by atoms with Gasteiger partial charge in [-0.05, 0) is 72.2 Å². The molecule has 0 saturated heterocycles. The van der Waals surface area contributed by atoms with Crippen LogP contribution in [0, 0.1) is 23.6 Å². The second-order valence-electron chi connectivity index (χ2n) is 8.91. The number of rotatable bonds is 4. The summed E-state index contributed by atoms with van der Waals surface area (Å²) >= 11 is 0. The Balaban J connectivity index is 1.51. The Hall–Kier alpha value is -2.59. The summed E-state index contributed by atoms with van der Waals surface area (Å²) in [5.41, 5.74) is 4.10. The topological polar surface area (TPSA) is 0 Å². The molecule has 1 aliphatic carbocycles. The molecule has 0 nitrogen and oxygen atoms in total. The van der Waals surface area contributed by atoms with Crippen LogP contribution in [-0.4, -0.2) is 0 Å². The maximum atomic E-state index is 15.0. The third kappa shape index (κ3) is 4.76. The fourth-order valence-corrected chi connectivity index (χ4v) is 4.55. The highest BCUT2D eigenvalue weighted by Gasteiger charge is 2.19. The molecule has 1 heteroatoms. The first kappa shape index (κ1) is 20.7.